The number of benzene rings is 1. The van der Waals surface area contributed by atoms with Crippen molar-refractivity contribution in [1.29, 1.82) is 0 Å². The molecule has 1 aromatic carbocycles. The Hall–Kier alpha value is -1.59. The van der Waals surface area contributed by atoms with E-state index in [1.54, 1.807) is 6.21 Å². The maximum absolute atomic E-state index is 5.99. The predicted molar refractivity (Wildman–Crippen MR) is 81.0 cm³/mol. The molecule has 0 aliphatic heterocycles. The average molecular weight is 293 g/mol. The van der Waals surface area contributed by atoms with Crippen LogP contribution in [0.2, 0.25) is 5.15 Å². The average Bonchev–Trinajstić information content (AvgIpc) is 2.43. The van der Waals surface area contributed by atoms with Crippen LogP contribution in [0.25, 0.3) is 0 Å². The minimum Gasteiger partial charge on any atom is -0.382 e. The van der Waals surface area contributed by atoms with E-state index >= 15 is 0 Å². The maximum Gasteiger partial charge on any atom is 0.162 e. The molecule has 0 saturated heterocycles. The lowest BCUT2D eigenvalue weighted by Crippen LogP contribution is -2.02. The minimum atomic E-state index is 0.338. The fourth-order valence-electron chi connectivity index (χ4n) is 1.47. The number of hydrogen-bond donors (Lipinski definition) is 1. The molecule has 2 rings (SSSR count). The lowest BCUT2D eigenvalue weighted by atomic mass is 10.2. The van der Waals surface area contributed by atoms with Gasteiger partial charge in [-0.15, -0.1) is 11.8 Å². The topological polar surface area (TPSA) is 64.2 Å². The molecule has 0 amide bonds. The summed E-state index contributed by atoms with van der Waals surface area (Å²) in [6.07, 6.45) is 3.48. The van der Waals surface area contributed by atoms with Crippen molar-refractivity contribution in [3.8, 4) is 0 Å². The number of aliphatic imine (C=N–C) groups is 1. The number of hydrogen-bond acceptors (Lipinski definition) is 5. The lowest BCUT2D eigenvalue weighted by Gasteiger charge is -2.03. The van der Waals surface area contributed by atoms with Crippen molar-refractivity contribution in [1.82, 2.24) is 9.97 Å². The van der Waals surface area contributed by atoms with E-state index in [0.29, 0.717) is 28.2 Å². The predicted octanol–water partition coefficient (Wildman–Crippen LogP) is 3.05. The number of rotatable bonds is 4. The lowest BCUT2D eigenvalue weighted by molar-refractivity contribution is 1.04. The number of nitrogens with two attached hydrogens (primary N) is 1. The first kappa shape index (κ1) is 13.8. The van der Waals surface area contributed by atoms with E-state index in [0.717, 1.165) is 5.56 Å². The highest BCUT2D eigenvalue weighted by Crippen LogP contribution is 2.22. The molecule has 2 N–H and O–H groups in total. The Kier molecular flexibility index (Phi) is 4.76. The second-order valence-corrected chi connectivity index (χ2v) is 4.90. The number of nitrogens with zero attached hydrogens (tertiary/aromatic N) is 3. The Morgan fingerprint density at radius 1 is 1.32 bits per heavy atom. The van der Waals surface area contributed by atoms with Crippen LogP contribution in [0.15, 0.2) is 40.4 Å². The number of anilines is 1. The van der Waals surface area contributed by atoms with Gasteiger partial charge in [-0.1, -0.05) is 41.9 Å². The molecule has 1 heterocycles. The van der Waals surface area contributed by atoms with Gasteiger partial charge in [0.05, 0.1) is 12.8 Å². The largest absolute Gasteiger partial charge is 0.382 e. The normalized spacial score (nSPS) is 11.1. The molecule has 0 unspecified atom stereocenters. The SMILES string of the molecule is CSc1nc(N)c(C=NCc2ccccc2)nc1Cl. The third-order valence-corrected chi connectivity index (χ3v) is 3.45. The molecule has 98 valence electrons. The van der Waals surface area contributed by atoms with Gasteiger partial charge in [0.25, 0.3) is 0 Å². The van der Waals surface area contributed by atoms with Crippen molar-refractivity contribution in [2.24, 2.45) is 4.99 Å². The van der Waals surface area contributed by atoms with Crippen molar-refractivity contribution in [3.05, 3.63) is 46.7 Å². The first-order valence-electron chi connectivity index (χ1n) is 5.61. The highest BCUT2D eigenvalue weighted by Gasteiger charge is 2.07. The van der Waals surface area contributed by atoms with Gasteiger partial charge in [0.2, 0.25) is 0 Å². The van der Waals surface area contributed by atoms with Gasteiger partial charge in [0, 0.05) is 0 Å². The van der Waals surface area contributed by atoms with E-state index in [-0.39, 0.29) is 0 Å². The van der Waals surface area contributed by atoms with Crippen molar-refractivity contribution >= 4 is 35.4 Å². The molecule has 4 nitrogen and oxygen atoms in total. The number of aromatic nitrogens is 2. The number of halogens is 1. The summed E-state index contributed by atoms with van der Waals surface area (Å²) >= 11 is 7.39. The summed E-state index contributed by atoms with van der Waals surface area (Å²) in [4.78, 5) is 12.7. The van der Waals surface area contributed by atoms with Gasteiger partial charge >= 0.3 is 0 Å². The van der Waals surface area contributed by atoms with Crippen molar-refractivity contribution in [2.75, 3.05) is 12.0 Å². The summed E-state index contributed by atoms with van der Waals surface area (Å²) in [7, 11) is 0. The molecule has 0 aliphatic rings. The quantitative estimate of drug-likeness (QED) is 0.695. The molecule has 0 fully saturated rings. The van der Waals surface area contributed by atoms with Crippen molar-refractivity contribution < 1.29 is 0 Å². The highest BCUT2D eigenvalue weighted by atomic mass is 35.5. The molecule has 0 saturated carbocycles. The Morgan fingerprint density at radius 2 is 2.05 bits per heavy atom. The Labute approximate surface area is 121 Å². The molecule has 0 bridgehead atoms. The Morgan fingerprint density at radius 3 is 2.74 bits per heavy atom. The molecule has 1 aromatic heterocycles. The summed E-state index contributed by atoms with van der Waals surface area (Å²) < 4.78 is 0. The Balaban J connectivity index is 2.13. The summed E-state index contributed by atoms with van der Waals surface area (Å²) in [6.45, 7) is 0.573. The molecule has 6 heteroatoms. The monoisotopic (exact) mass is 292 g/mol. The van der Waals surface area contributed by atoms with E-state index in [9.17, 15) is 0 Å². The van der Waals surface area contributed by atoms with Crippen LogP contribution in [0.1, 0.15) is 11.3 Å². The van der Waals surface area contributed by atoms with Gasteiger partial charge in [0.1, 0.15) is 10.7 Å². The molecule has 0 radical (unpaired) electrons. The summed E-state index contributed by atoms with van der Waals surface area (Å²) in [5.41, 5.74) is 7.43. The van der Waals surface area contributed by atoms with Crippen molar-refractivity contribution in [3.63, 3.8) is 0 Å². The van der Waals surface area contributed by atoms with Crippen LogP contribution in [0.3, 0.4) is 0 Å². The molecule has 2 aromatic rings. The molecule has 19 heavy (non-hydrogen) atoms. The minimum absolute atomic E-state index is 0.338. The molecule has 0 spiro atoms. The van der Waals surface area contributed by atoms with Gasteiger partial charge in [-0.3, -0.25) is 4.99 Å². The standard InChI is InChI=1S/C13H13ClN4S/c1-19-13-11(14)17-10(12(15)18-13)8-16-7-9-5-3-2-4-6-9/h2-6,8H,7H2,1H3,(H2,15,18). The fraction of sp³-hybridized carbons (Fsp3) is 0.154. The second kappa shape index (κ2) is 6.54. The van der Waals surface area contributed by atoms with E-state index in [1.807, 2.05) is 36.6 Å². The van der Waals surface area contributed by atoms with Crippen LogP contribution < -0.4 is 5.73 Å². The fourth-order valence-corrected chi connectivity index (χ4v) is 2.24. The zero-order valence-electron chi connectivity index (χ0n) is 10.4. The van der Waals surface area contributed by atoms with Crippen LogP contribution in [0.5, 0.6) is 0 Å². The Bertz CT molecular complexity index is 587. The van der Waals surface area contributed by atoms with E-state index in [4.69, 9.17) is 17.3 Å². The van der Waals surface area contributed by atoms with Crippen LogP contribution >= 0.6 is 23.4 Å². The van der Waals surface area contributed by atoms with Gasteiger partial charge < -0.3 is 5.73 Å². The second-order valence-electron chi connectivity index (χ2n) is 3.75. The van der Waals surface area contributed by atoms with E-state index in [2.05, 4.69) is 15.0 Å². The maximum atomic E-state index is 5.99. The zero-order chi connectivity index (χ0) is 13.7. The number of thioether (sulfide) groups is 1. The molecular formula is C13H13ClN4S. The van der Waals surface area contributed by atoms with Crippen LogP contribution in [0, 0.1) is 0 Å². The van der Waals surface area contributed by atoms with E-state index < -0.39 is 0 Å². The molecule has 0 aliphatic carbocycles. The summed E-state index contributed by atoms with van der Waals surface area (Å²) in [6, 6.07) is 9.94. The third-order valence-electron chi connectivity index (χ3n) is 2.40. The van der Waals surface area contributed by atoms with Crippen LogP contribution in [-0.2, 0) is 6.54 Å². The van der Waals surface area contributed by atoms with Gasteiger partial charge in [0.15, 0.2) is 11.0 Å². The van der Waals surface area contributed by atoms with Crippen LogP contribution in [0.4, 0.5) is 5.82 Å². The van der Waals surface area contributed by atoms with Gasteiger partial charge in [-0.25, -0.2) is 9.97 Å². The van der Waals surface area contributed by atoms with Crippen molar-refractivity contribution in [2.45, 2.75) is 11.6 Å². The highest BCUT2D eigenvalue weighted by molar-refractivity contribution is 7.98. The first-order chi connectivity index (χ1) is 9.20. The third kappa shape index (κ3) is 3.68. The molecule has 0 atom stereocenters. The molecular weight excluding hydrogens is 280 g/mol. The van der Waals surface area contributed by atoms with Gasteiger partial charge in [-0.2, -0.15) is 0 Å². The summed E-state index contributed by atoms with van der Waals surface area (Å²) in [5.74, 6) is 0.338. The smallest absolute Gasteiger partial charge is 0.162 e. The van der Waals surface area contributed by atoms with E-state index in [1.165, 1.54) is 11.8 Å². The zero-order valence-corrected chi connectivity index (χ0v) is 11.9. The summed E-state index contributed by atoms with van der Waals surface area (Å²) in [5, 5.41) is 0.974. The van der Waals surface area contributed by atoms with Crippen LogP contribution in [-0.4, -0.2) is 22.4 Å². The number of nitrogen functional groups attached to an aromatic ring is 1. The first-order valence-corrected chi connectivity index (χ1v) is 7.21. The van der Waals surface area contributed by atoms with Gasteiger partial charge in [-0.05, 0) is 11.8 Å².